The summed E-state index contributed by atoms with van der Waals surface area (Å²) in [5, 5.41) is 23.1. The molecular weight excluding hydrogens is 462 g/mol. The van der Waals surface area contributed by atoms with Crippen molar-refractivity contribution in [3.63, 3.8) is 0 Å². The Morgan fingerprint density at radius 2 is 1.71 bits per heavy atom. The molecule has 1 heterocycles. The molecule has 0 amide bonds. The highest BCUT2D eigenvalue weighted by Crippen LogP contribution is 2.40. The topological polar surface area (TPSA) is 111 Å². The highest BCUT2D eigenvalue weighted by molar-refractivity contribution is 5.77. The summed E-state index contributed by atoms with van der Waals surface area (Å²) in [4.78, 5) is 4.15. The molecule has 11 heteroatoms. The zero-order valence-electron chi connectivity index (χ0n) is 19.0. The van der Waals surface area contributed by atoms with Crippen molar-refractivity contribution >= 4 is 34.4 Å². The third-order valence-corrected chi connectivity index (χ3v) is 5.10. The second-order valence-electron chi connectivity index (χ2n) is 7.62. The van der Waals surface area contributed by atoms with Crippen LogP contribution in [0.2, 0.25) is 0 Å². The molecule has 3 aromatic rings. The van der Waals surface area contributed by atoms with Crippen LogP contribution in [0.25, 0.3) is 0 Å². The van der Waals surface area contributed by atoms with Crippen LogP contribution in [0.5, 0.6) is 0 Å². The van der Waals surface area contributed by atoms with Gasteiger partial charge in [-0.25, -0.2) is 9.37 Å². The van der Waals surface area contributed by atoms with E-state index < -0.39 is 23.2 Å². The number of azo groups is 1. The van der Waals surface area contributed by atoms with Crippen LogP contribution >= 0.6 is 0 Å². The van der Waals surface area contributed by atoms with E-state index in [1.54, 1.807) is 12.1 Å². The Bertz CT molecular complexity index is 1260. The number of nitrogen functional groups attached to an aromatic ring is 1. The monoisotopic (exact) mass is 485 g/mol. The summed E-state index contributed by atoms with van der Waals surface area (Å²) in [6.45, 7) is 4.43. The lowest BCUT2D eigenvalue weighted by atomic mass is 10.1. The quantitative estimate of drug-likeness (QED) is 0.175. The van der Waals surface area contributed by atoms with Gasteiger partial charge in [0, 0.05) is 23.5 Å². The number of rotatable bonds is 8. The number of halogens is 4. The zero-order chi connectivity index (χ0) is 25.6. The molecule has 0 aliphatic carbocycles. The molecule has 182 valence electrons. The van der Waals surface area contributed by atoms with Crippen LogP contribution in [-0.4, -0.2) is 11.5 Å². The Labute approximate surface area is 199 Å². The van der Waals surface area contributed by atoms with E-state index in [1.165, 1.54) is 6.92 Å². The number of alkyl halides is 3. The van der Waals surface area contributed by atoms with Crippen LogP contribution in [-0.2, 0) is 6.18 Å². The first-order valence-electron chi connectivity index (χ1n) is 10.7. The van der Waals surface area contributed by atoms with Crippen LogP contribution < -0.4 is 16.4 Å². The van der Waals surface area contributed by atoms with E-state index in [0.29, 0.717) is 11.8 Å². The largest absolute Gasteiger partial charge is 0.418 e. The first kappa shape index (κ1) is 25.4. The van der Waals surface area contributed by atoms with Crippen LogP contribution in [0, 0.1) is 24.1 Å². The molecule has 4 N–H and O–H groups in total. The second-order valence-corrected chi connectivity index (χ2v) is 7.62. The average molecular weight is 485 g/mol. The summed E-state index contributed by atoms with van der Waals surface area (Å²) in [7, 11) is 0. The standard InChI is InChI=1S/C24H23F4N7/c1-3-4-12-31-15-8-10-16(11-9-15)32-23-20(14(2)17(13-29)22(30)33-23)34-35-21-18(24(26,27)28)6-5-7-19(21)25/h5-11,31H,3-4,12H2,1-2H3,(H3,30,32,33)/b35-34+. The Balaban J connectivity index is 2.01. The van der Waals surface area contributed by atoms with Crippen molar-refractivity contribution in [2.45, 2.75) is 32.9 Å². The minimum absolute atomic E-state index is 0.00968. The molecule has 3 rings (SSSR count). The maximum Gasteiger partial charge on any atom is 0.418 e. The van der Waals surface area contributed by atoms with Crippen molar-refractivity contribution in [2.24, 2.45) is 10.2 Å². The number of nitrogens with zero attached hydrogens (tertiary/aromatic N) is 4. The summed E-state index contributed by atoms with van der Waals surface area (Å²) < 4.78 is 54.3. The summed E-state index contributed by atoms with van der Waals surface area (Å²) >= 11 is 0. The maximum atomic E-state index is 14.2. The first-order valence-corrected chi connectivity index (χ1v) is 10.7. The van der Waals surface area contributed by atoms with Gasteiger partial charge in [-0.05, 0) is 49.7 Å². The number of benzene rings is 2. The second kappa shape index (κ2) is 10.8. The molecule has 0 saturated heterocycles. The highest BCUT2D eigenvalue weighted by atomic mass is 19.4. The van der Waals surface area contributed by atoms with Gasteiger partial charge in [-0.1, -0.05) is 19.4 Å². The van der Waals surface area contributed by atoms with E-state index in [0.717, 1.165) is 37.2 Å². The minimum Gasteiger partial charge on any atom is -0.385 e. The number of nitriles is 1. The summed E-state index contributed by atoms with van der Waals surface area (Å²) in [5.41, 5.74) is 5.32. The summed E-state index contributed by atoms with van der Waals surface area (Å²) in [5.74, 6) is -1.23. The van der Waals surface area contributed by atoms with Crippen molar-refractivity contribution in [1.82, 2.24) is 4.98 Å². The Morgan fingerprint density at radius 3 is 2.34 bits per heavy atom. The summed E-state index contributed by atoms with van der Waals surface area (Å²) in [6.07, 6.45) is -2.75. The molecule has 0 spiro atoms. The third kappa shape index (κ3) is 6.03. The van der Waals surface area contributed by atoms with Gasteiger partial charge in [0.05, 0.1) is 11.1 Å². The number of nitrogens with two attached hydrogens (primary N) is 1. The molecule has 2 aromatic carbocycles. The number of anilines is 4. The molecule has 0 saturated carbocycles. The number of pyridine rings is 1. The predicted molar refractivity (Wildman–Crippen MR) is 127 cm³/mol. The lowest BCUT2D eigenvalue weighted by Gasteiger charge is -2.14. The van der Waals surface area contributed by atoms with Gasteiger partial charge >= 0.3 is 6.18 Å². The van der Waals surface area contributed by atoms with E-state index >= 15 is 0 Å². The van der Waals surface area contributed by atoms with E-state index in [9.17, 15) is 22.8 Å². The van der Waals surface area contributed by atoms with Crippen LogP contribution in [0.1, 0.15) is 36.5 Å². The molecule has 0 aliphatic heterocycles. The van der Waals surface area contributed by atoms with Gasteiger partial charge in [-0.2, -0.15) is 18.4 Å². The highest BCUT2D eigenvalue weighted by Gasteiger charge is 2.35. The lowest BCUT2D eigenvalue weighted by molar-refractivity contribution is -0.137. The zero-order valence-corrected chi connectivity index (χ0v) is 19.0. The predicted octanol–water partition coefficient (Wildman–Crippen LogP) is 7.37. The summed E-state index contributed by atoms with van der Waals surface area (Å²) in [6, 6.07) is 11.6. The number of aromatic nitrogens is 1. The van der Waals surface area contributed by atoms with E-state index in [-0.39, 0.29) is 28.5 Å². The van der Waals surface area contributed by atoms with Crippen LogP contribution in [0.3, 0.4) is 0 Å². The smallest absolute Gasteiger partial charge is 0.385 e. The van der Waals surface area contributed by atoms with Gasteiger partial charge < -0.3 is 16.4 Å². The van der Waals surface area contributed by atoms with Crippen LogP contribution in [0.4, 0.5) is 51.9 Å². The van der Waals surface area contributed by atoms with Gasteiger partial charge in [0.25, 0.3) is 0 Å². The fourth-order valence-electron chi connectivity index (χ4n) is 3.23. The number of nitrogens with one attached hydrogen (secondary N) is 2. The molecular formula is C24H23F4N7. The fraction of sp³-hybridized carbons (Fsp3) is 0.250. The molecule has 7 nitrogen and oxygen atoms in total. The van der Waals surface area contributed by atoms with Crippen molar-refractivity contribution in [1.29, 1.82) is 5.26 Å². The lowest BCUT2D eigenvalue weighted by Crippen LogP contribution is -2.06. The minimum atomic E-state index is -4.84. The van der Waals surface area contributed by atoms with Gasteiger partial charge in [0.2, 0.25) is 0 Å². The number of unbranched alkanes of at least 4 members (excludes halogenated alkanes) is 1. The molecule has 35 heavy (non-hydrogen) atoms. The SMILES string of the molecule is CCCCNc1ccc(Nc2nc(N)c(C#N)c(C)c2/N=N/c2c(F)cccc2C(F)(F)F)cc1. The first-order chi connectivity index (χ1) is 16.7. The Hall–Kier alpha value is -4.20. The molecule has 0 bridgehead atoms. The molecule has 1 aromatic heterocycles. The Morgan fingerprint density at radius 1 is 1.06 bits per heavy atom. The van der Waals surface area contributed by atoms with Crippen molar-refractivity contribution < 1.29 is 17.6 Å². The molecule has 0 atom stereocenters. The van der Waals surface area contributed by atoms with Gasteiger partial charge in [0.1, 0.15) is 23.3 Å². The molecule has 0 unspecified atom stereocenters. The van der Waals surface area contributed by atoms with Gasteiger partial charge in [0.15, 0.2) is 11.6 Å². The van der Waals surface area contributed by atoms with E-state index in [4.69, 9.17) is 5.73 Å². The van der Waals surface area contributed by atoms with E-state index in [2.05, 4.69) is 32.8 Å². The number of hydrogen-bond donors (Lipinski definition) is 3. The van der Waals surface area contributed by atoms with Crippen molar-refractivity contribution in [2.75, 3.05) is 22.9 Å². The van der Waals surface area contributed by atoms with Gasteiger partial charge in [-0.15, -0.1) is 10.2 Å². The van der Waals surface area contributed by atoms with Gasteiger partial charge in [-0.3, -0.25) is 0 Å². The van der Waals surface area contributed by atoms with E-state index in [1.807, 2.05) is 18.2 Å². The third-order valence-electron chi connectivity index (χ3n) is 5.10. The van der Waals surface area contributed by atoms with Crippen molar-refractivity contribution in [3.8, 4) is 6.07 Å². The molecule has 0 aliphatic rings. The fourth-order valence-corrected chi connectivity index (χ4v) is 3.23. The average Bonchev–Trinajstić information content (AvgIpc) is 2.80. The maximum absolute atomic E-state index is 14.2. The van der Waals surface area contributed by atoms with Crippen LogP contribution in [0.15, 0.2) is 52.7 Å². The Kier molecular flexibility index (Phi) is 7.86. The molecule has 0 radical (unpaired) electrons. The molecule has 0 fully saturated rings. The number of hydrogen-bond acceptors (Lipinski definition) is 7. The van der Waals surface area contributed by atoms with Crippen molar-refractivity contribution in [3.05, 3.63) is 65.0 Å². The normalized spacial score (nSPS) is 11.5.